The van der Waals surface area contributed by atoms with Crippen LogP contribution in [0.3, 0.4) is 0 Å². The van der Waals surface area contributed by atoms with Crippen molar-refractivity contribution in [3.63, 3.8) is 0 Å². The number of carboxylic acid groups (broad SMARTS) is 1. The predicted octanol–water partition coefficient (Wildman–Crippen LogP) is 1.21. The van der Waals surface area contributed by atoms with E-state index >= 15 is 0 Å². The maximum Gasteiger partial charge on any atom is 0.377 e. The van der Waals surface area contributed by atoms with Crippen LogP contribution in [0, 0.1) is 0 Å². The van der Waals surface area contributed by atoms with Crippen molar-refractivity contribution in [3.05, 3.63) is 24.0 Å². The van der Waals surface area contributed by atoms with Crippen molar-refractivity contribution in [3.8, 4) is 23.0 Å². The molecule has 0 atom stereocenters. The van der Waals surface area contributed by atoms with E-state index in [2.05, 4.69) is 10.1 Å². The van der Waals surface area contributed by atoms with Gasteiger partial charge in [0.15, 0.2) is 11.5 Å². The summed E-state index contributed by atoms with van der Waals surface area (Å²) in [6.45, 7) is 0.983. The van der Waals surface area contributed by atoms with Gasteiger partial charge in [0.05, 0.1) is 0 Å². The van der Waals surface area contributed by atoms with E-state index in [0.29, 0.717) is 30.3 Å². The highest BCUT2D eigenvalue weighted by Gasteiger charge is 2.17. The summed E-state index contributed by atoms with van der Waals surface area (Å²) >= 11 is 0. The van der Waals surface area contributed by atoms with E-state index in [1.54, 1.807) is 18.2 Å². The Bertz CT molecular complexity index is 607. The van der Waals surface area contributed by atoms with Crippen LogP contribution in [0.2, 0.25) is 0 Å². The van der Waals surface area contributed by atoms with Crippen LogP contribution < -0.4 is 9.47 Å². The monoisotopic (exact) mass is 248 g/mol. The molecule has 2 heterocycles. The first-order valence-electron chi connectivity index (χ1n) is 5.21. The number of carbonyl (C=O) groups is 1. The molecule has 1 aliphatic heterocycles. The summed E-state index contributed by atoms with van der Waals surface area (Å²) in [6.07, 6.45) is 0. The predicted molar refractivity (Wildman–Crippen MR) is 57.7 cm³/mol. The first-order valence-corrected chi connectivity index (χ1v) is 5.21. The molecule has 0 fully saturated rings. The molecule has 18 heavy (non-hydrogen) atoms. The van der Waals surface area contributed by atoms with Crippen LogP contribution in [0.15, 0.2) is 22.7 Å². The maximum absolute atomic E-state index is 10.6. The van der Waals surface area contributed by atoms with Gasteiger partial charge in [0.2, 0.25) is 0 Å². The van der Waals surface area contributed by atoms with E-state index in [1.165, 1.54) is 0 Å². The fourth-order valence-electron chi connectivity index (χ4n) is 1.60. The highest BCUT2D eigenvalue weighted by molar-refractivity contribution is 5.83. The van der Waals surface area contributed by atoms with E-state index in [4.69, 9.17) is 19.1 Å². The minimum Gasteiger partial charge on any atom is -0.486 e. The number of rotatable bonds is 2. The molecule has 0 bridgehead atoms. The van der Waals surface area contributed by atoms with Gasteiger partial charge >= 0.3 is 5.97 Å². The maximum atomic E-state index is 10.6. The molecule has 0 unspecified atom stereocenters. The Morgan fingerprint density at radius 1 is 1.22 bits per heavy atom. The van der Waals surface area contributed by atoms with Crippen molar-refractivity contribution in [2.75, 3.05) is 13.2 Å². The van der Waals surface area contributed by atoms with Gasteiger partial charge in [-0.15, -0.1) is 0 Å². The molecule has 1 aromatic heterocycles. The summed E-state index contributed by atoms with van der Waals surface area (Å²) in [5, 5.41) is 12.1. The SMILES string of the molecule is O=C(O)c1noc(-c2ccc3c(c2)OCCO3)n1. The molecule has 3 rings (SSSR count). The summed E-state index contributed by atoms with van der Waals surface area (Å²) in [4.78, 5) is 14.4. The third-order valence-corrected chi connectivity index (χ3v) is 2.41. The lowest BCUT2D eigenvalue weighted by Crippen LogP contribution is -2.15. The number of fused-ring (bicyclic) bond motifs is 1. The second-order valence-electron chi connectivity index (χ2n) is 3.59. The molecule has 0 aliphatic carbocycles. The van der Waals surface area contributed by atoms with E-state index in [1.807, 2.05) is 0 Å². The van der Waals surface area contributed by atoms with Crippen LogP contribution in [0.5, 0.6) is 11.5 Å². The summed E-state index contributed by atoms with van der Waals surface area (Å²) in [5.41, 5.74) is 0.583. The van der Waals surface area contributed by atoms with Gasteiger partial charge in [-0.25, -0.2) is 4.79 Å². The first kappa shape index (κ1) is 10.6. The largest absolute Gasteiger partial charge is 0.486 e. The number of hydrogen-bond donors (Lipinski definition) is 1. The lowest BCUT2D eigenvalue weighted by molar-refractivity contribution is 0.0680. The van der Waals surface area contributed by atoms with Gasteiger partial charge in [0.1, 0.15) is 13.2 Å². The Labute approximate surface area is 101 Å². The second-order valence-corrected chi connectivity index (χ2v) is 3.59. The summed E-state index contributed by atoms with van der Waals surface area (Å²) in [6, 6.07) is 5.09. The summed E-state index contributed by atoms with van der Waals surface area (Å²) in [5.74, 6) is -0.261. The summed E-state index contributed by atoms with van der Waals surface area (Å²) < 4.78 is 15.6. The molecule has 1 aromatic carbocycles. The van der Waals surface area contributed by atoms with Crippen LogP contribution in [0.4, 0.5) is 0 Å². The third kappa shape index (κ3) is 1.75. The van der Waals surface area contributed by atoms with Crippen molar-refractivity contribution >= 4 is 5.97 Å². The van der Waals surface area contributed by atoms with E-state index in [9.17, 15) is 4.79 Å². The quantitative estimate of drug-likeness (QED) is 0.853. The summed E-state index contributed by atoms with van der Waals surface area (Å²) in [7, 11) is 0. The molecule has 0 saturated heterocycles. The molecule has 0 radical (unpaired) electrons. The lowest BCUT2D eigenvalue weighted by atomic mass is 10.2. The minimum absolute atomic E-state index is 0.129. The van der Waals surface area contributed by atoms with Gasteiger partial charge < -0.3 is 19.1 Å². The zero-order valence-corrected chi connectivity index (χ0v) is 9.12. The highest BCUT2D eigenvalue weighted by atomic mass is 16.6. The van der Waals surface area contributed by atoms with Crippen LogP contribution in [0.25, 0.3) is 11.5 Å². The van der Waals surface area contributed by atoms with Gasteiger partial charge in [0.25, 0.3) is 11.7 Å². The number of carboxylic acids is 1. The molecule has 92 valence electrons. The zero-order chi connectivity index (χ0) is 12.5. The van der Waals surface area contributed by atoms with Gasteiger partial charge in [-0.1, -0.05) is 0 Å². The molecule has 2 aromatic rings. The van der Waals surface area contributed by atoms with Crippen molar-refractivity contribution in [2.45, 2.75) is 0 Å². The van der Waals surface area contributed by atoms with Gasteiger partial charge in [-0.2, -0.15) is 4.98 Å². The smallest absolute Gasteiger partial charge is 0.377 e. The van der Waals surface area contributed by atoms with Crippen LogP contribution in [-0.2, 0) is 0 Å². The van der Waals surface area contributed by atoms with Crippen LogP contribution in [-0.4, -0.2) is 34.4 Å². The fraction of sp³-hybridized carbons (Fsp3) is 0.182. The molecular formula is C11H8N2O5. The Kier molecular flexibility index (Phi) is 2.36. The first-order chi connectivity index (χ1) is 8.74. The Balaban J connectivity index is 1.98. The van der Waals surface area contributed by atoms with Crippen molar-refractivity contribution < 1.29 is 23.9 Å². The number of hydrogen-bond acceptors (Lipinski definition) is 6. The molecule has 0 amide bonds. The molecule has 7 heteroatoms. The zero-order valence-electron chi connectivity index (χ0n) is 9.12. The highest BCUT2D eigenvalue weighted by Crippen LogP contribution is 2.33. The molecular weight excluding hydrogens is 240 g/mol. The normalized spacial score (nSPS) is 13.3. The van der Waals surface area contributed by atoms with E-state index in [-0.39, 0.29) is 11.7 Å². The Morgan fingerprint density at radius 2 is 2.00 bits per heavy atom. The minimum atomic E-state index is -1.23. The van der Waals surface area contributed by atoms with Crippen molar-refractivity contribution in [1.82, 2.24) is 10.1 Å². The molecule has 1 N–H and O–H groups in total. The van der Waals surface area contributed by atoms with Gasteiger partial charge in [-0.05, 0) is 23.4 Å². The van der Waals surface area contributed by atoms with Gasteiger partial charge in [-0.3, -0.25) is 0 Å². The number of benzene rings is 1. The van der Waals surface area contributed by atoms with Crippen molar-refractivity contribution in [1.29, 1.82) is 0 Å². The number of nitrogens with zero attached hydrogens (tertiary/aromatic N) is 2. The lowest BCUT2D eigenvalue weighted by Gasteiger charge is -2.18. The molecule has 1 aliphatic rings. The average Bonchev–Trinajstić information content (AvgIpc) is 2.88. The Hall–Kier alpha value is -2.57. The molecule has 0 spiro atoms. The van der Waals surface area contributed by atoms with Crippen LogP contribution >= 0.6 is 0 Å². The molecule has 0 saturated carbocycles. The molecule has 7 nitrogen and oxygen atoms in total. The van der Waals surface area contributed by atoms with E-state index < -0.39 is 5.97 Å². The number of aromatic nitrogens is 2. The number of aromatic carboxylic acids is 1. The second kappa shape index (κ2) is 4.02. The van der Waals surface area contributed by atoms with Gasteiger partial charge in [0, 0.05) is 5.56 Å². The third-order valence-electron chi connectivity index (χ3n) is 2.41. The van der Waals surface area contributed by atoms with Crippen molar-refractivity contribution in [2.24, 2.45) is 0 Å². The fourth-order valence-corrected chi connectivity index (χ4v) is 1.60. The Morgan fingerprint density at radius 3 is 2.72 bits per heavy atom. The van der Waals surface area contributed by atoms with Crippen LogP contribution in [0.1, 0.15) is 10.6 Å². The number of ether oxygens (including phenoxy) is 2. The topological polar surface area (TPSA) is 94.7 Å². The standard InChI is InChI=1S/C11H8N2O5/c14-11(15)9-12-10(18-13-9)6-1-2-7-8(5-6)17-4-3-16-7/h1-2,5H,3-4H2,(H,14,15). The average molecular weight is 248 g/mol. The van der Waals surface area contributed by atoms with E-state index in [0.717, 1.165) is 0 Å².